The van der Waals surface area contributed by atoms with Crippen molar-refractivity contribution in [1.82, 2.24) is 5.32 Å². The van der Waals surface area contributed by atoms with Crippen LogP contribution in [-0.2, 0) is 13.1 Å². The van der Waals surface area contributed by atoms with E-state index in [1.165, 1.54) is 6.42 Å². The Morgan fingerprint density at radius 1 is 1.50 bits per heavy atom. The lowest BCUT2D eigenvalue weighted by Gasteiger charge is -2.04. The molecule has 0 spiro atoms. The van der Waals surface area contributed by atoms with Gasteiger partial charge in [0.2, 0.25) is 0 Å². The summed E-state index contributed by atoms with van der Waals surface area (Å²) in [5.74, 6) is 1.84. The predicted molar refractivity (Wildman–Crippen MR) is 55.6 cm³/mol. The highest BCUT2D eigenvalue weighted by Gasteiger charge is 2.45. The molecule has 0 bridgehead atoms. The summed E-state index contributed by atoms with van der Waals surface area (Å²) in [6, 6.07) is 4.58. The maximum atomic E-state index is 5.49. The van der Waals surface area contributed by atoms with Gasteiger partial charge >= 0.3 is 0 Å². The van der Waals surface area contributed by atoms with Gasteiger partial charge in [0.25, 0.3) is 0 Å². The normalized spacial score (nSPS) is 23.8. The Morgan fingerprint density at radius 3 is 2.64 bits per heavy atom. The third-order valence-corrected chi connectivity index (χ3v) is 2.95. The van der Waals surface area contributed by atoms with E-state index in [1.54, 1.807) is 0 Å². The molecule has 0 saturated heterocycles. The Kier molecular flexibility index (Phi) is 2.37. The fraction of sp³-hybridized carbons (Fsp3) is 0.636. The topological polar surface area (TPSA) is 51.2 Å². The van der Waals surface area contributed by atoms with Crippen molar-refractivity contribution in [3.8, 4) is 0 Å². The van der Waals surface area contributed by atoms with Gasteiger partial charge in [-0.3, -0.25) is 0 Å². The highest BCUT2D eigenvalue weighted by atomic mass is 16.3. The highest BCUT2D eigenvalue weighted by molar-refractivity contribution is 5.08. The molecule has 3 N–H and O–H groups in total. The lowest BCUT2D eigenvalue weighted by Crippen LogP contribution is -2.19. The number of nitrogens with one attached hydrogen (secondary N) is 1. The van der Waals surface area contributed by atoms with Gasteiger partial charge < -0.3 is 15.5 Å². The van der Waals surface area contributed by atoms with Crippen LogP contribution in [0.25, 0.3) is 0 Å². The van der Waals surface area contributed by atoms with Crippen molar-refractivity contribution in [2.45, 2.75) is 39.4 Å². The SMILES string of the molecule is CC1(C)CC1NCc1ccc(CN)o1. The van der Waals surface area contributed by atoms with Crippen LogP contribution in [0.1, 0.15) is 31.8 Å². The molecular weight excluding hydrogens is 176 g/mol. The highest BCUT2D eigenvalue weighted by Crippen LogP contribution is 2.44. The third-order valence-electron chi connectivity index (χ3n) is 2.95. The molecule has 3 nitrogen and oxygen atoms in total. The molecule has 0 amide bonds. The molecule has 1 aromatic rings. The zero-order chi connectivity index (χ0) is 10.2. The number of nitrogens with two attached hydrogens (primary N) is 1. The smallest absolute Gasteiger partial charge is 0.118 e. The fourth-order valence-corrected chi connectivity index (χ4v) is 1.67. The molecule has 0 aliphatic heterocycles. The molecule has 1 unspecified atom stereocenters. The molecule has 1 aliphatic carbocycles. The number of rotatable bonds is 4. The molecule has 1 heterocycles. The fourth-order valence-electron chi connectivity index (χ4n) is 1.67. The second-order valence-electron chi connectivity index (χ2n) is 4.70. The van der Waals surface area contributed by atoms with Crippen molar-refractivity contribution < 1.29 is 4.42 Å². The van der Waals surface area contributed by atoms with Crippen LogP contribution in [0.4, 0.5) is 0 Å². The number of hydrogen-bond donors (Lipinski definition) is 2. The van der Waals surface area contributed by atoms with E-state index in [9.17, 15) is 0 Å². The molecule has 3 heteroatoms. The molecule has 1 fully saturated rings. The summed E-state index contributed by atoms with van der Waals surface area (Å²) in [4.78, 5) is 0. The Bertz CT molecular complexity index is 317. The monoisotopic (exact) mass is 194 g/mol. The summed E-state index contributed by atoms with van der Waals surface area (Å²) in [6.45, 7) is 5.85. The van der Waals surface area contributed by atoms with E-state index >= 15 is 0 Å². The molecule has 1 aliphatic rings. The van der Waals surface area contributed by atoms with Gasteiger partial charge in [-0.25, -0.2) is 0 Å². The van der Waals surface area contributed by atoms with Crippen LogP contribution in [0.15, 0.2) is 16.5 Å². The average molecular weight is 194 g/mol. The predicted octanol–water partition coefficient (Wildman–Crippen LogP) is 1.63. The van der Waals surface area contributed by atoms with Gasteiger partial charge in [-0.15, -0.1) is 0 Å². The van der Waals surface area contributed by atoms with Crippen molar-refractivity contribution in [1.29, 1.82) is 0 Å². The van der Waals surface area contributed by atoms with E-state index in [4.69, 9.17) is 10.2 Å². The van der Waals surface area contributed by atoms with Gasteiger partial charge in [0.1, 0.15) is 11.5 Å². The van der Waals surface area contributed by atoms with E-state index in [-0.39, 0.29) is 0 Å². The number of furan rings is 1. The van der Waals surface area contributed by atoms with Crippen LogP contribution < -0.4 is 11.1 Å². The summed E-state index contributed by atoms with van der Waals surface area (Å²) >= 11 is 0. The molecule has 1 aromatic heterocycles. The van der Waals surface area contributed by atoms with Crippen molar-refractivity contribution in [3.63, 3.8) is 0 Å². The summed E-state index contributed by atoms with van der Waals surface area (Å²) < 4.78 is 5.49. The van der Waals surface area contributed by atoms with Gasteiger partial charge in [0, 0.05) is 6.04 Å². The lowest BCUT2D eigenvalue weighted by atomic mass is 10.2. The Hall–Kier alpha value is -0.800. The number of hydrogen-bond acceptors (Lipinski definition) is 3. The van der Waals surface area contributed by atoms with Gasteiger partial charge in [-0.2, -0.15) is 0 Å². The van der Waals surface area contributed by atoms with Crippen LogP contribution in [-0.4, -0.2) is 6.04 Å². The first-order chi connectivity index (χ1) is 6.62. The van der Waals surface area contributed by atoms with E-state index in [1.807, 2.05) is 12.1 Å². The first-order valence-corrected chi connectivity index (χ1v) is 5.13. The maximum Gasteiger partial charge on any atom is 0.118 e. The van der Waals surface area contributed by atoms with E-state index in [0.717, 1.165) is 18.1 Å². The van der Waals surface area contributed by atoms with Crippen LogP contribution in [0.5, 0.6) is 0 Å². The molecule has 78 valence electrons. The minimum absolute atomic E-state index is 0.475. The lowest BCUT2D eigenvalue weighted by molar-refractivity contribution is 0.436. The molecule has 0 aromatic carbocycles. The van der Waals surface area contributed by atoms with Gasteiger partial charge in [-0.05, 0) is 24.0 Å². The molecular formula is C11H18N2O. The Labute approximate surface area is 84.7 Å². The first kappa shape index (κ1) is 9.74. The summed E-state index contributed by atoms with van der Waals surface area (Å²) in [5.41, 5.74) is 5.94. The Balaban J connectivity index is 1.81. The zero-order valence-corrected chi connectivity index (χ0v) is 8.84. The van der Waals surface area contributed by atoms with Crippen molar-refractivity contribution in [2.24, 2.45) is 11.1 Å². The van der Waals surface area contributed by atoms with Gasteiger partial charge in [0.15, 0.2) is 0 Å². The zero-order valence-electron chi connectivity index (χ0n) is 8.84. The molecule has 1 atom stereocenters. The van der Waals surface area contributed by atoms with E-state index in [2.05, 4.69) is 19.2 Å². The van der Waals surface area contributed by atoms with E-state index < -0.39 is 0 Å². The molecule has 14 heavy (non-hydrogen) atoms. The summed E-state index contributed by atoms with van der Waals surface area (Å²) in [7, 11) is 0. The van der Waals surface area contributed by atoms with Crippen molar-refractivity contribution in [2.75, 3.05) is 0 Å². The van der Waals surface area contributed by atoms with Crippen LogP contribution in [0.3, 0.4) is 0 Å². The quantitative estimate of drug-likeness (QED) is 0.766. The molecule has 0 radical (unpaired) electrons. The maximum absolute atomic E-state index is 5.49. The average Bonchev–Trinajstić information content (AvgIpc) is 2.62. The second-order valence-corrected chi connectivity index (χ2v) is 4.70. The minimum atomic E-state index is 0.475. The summed E-state index contributed by atoms with van der Waals surface area (Å²) in [6.07, 6.45) is 1.26. The van der Waals surface area contributed by atoms with Gasteiger partial charge in [0.05, 0.1) is 13.1 Å². The van der Waals surface area contributed by atoms with Crippen molar-refractivity contribution >= 4 is 0 Å². The first-order valence-electron chi connectivity index (χ1n) is 5.13. The van der Waals surface area contributed by atoms with Crippen LogP contribution in [0, 0.1) is 5.41 Å². The van der Waals surface area contributed by atoms with Crippen LogP contribution in [0.2, 0.25) is 0 Å². The third kappa shape index (κ3) is 1.99. The molecule has 1 saturated carbocycles. The van der Waals surface area contributed by atoms with Gasteiger partial charge in [-0.1, -0.05) is 13.8 Å². The van der Waals surface area contributed by atoms with Crippen molar-refractivity contribution in [3.05, 3.63) is 23.7 Å². The summed E-state index contributed by atoms with van der Waals surface area (Å²) in [5, 5.41) is 3.47. The largest absolute Gasteiger partial charge is 0.463 e. The second kappa shape index (κ2) is 3.41. The van der Waals surface area contributed by atoms with Crippen LogP contribution >= 0.6 is 0 Å². The molecule has 2 rings (SSSR count). The minimum Gasteiger partial charge on any atom is -0.463 e. The van der Waals surface area contributed by atoms with E-state index in [0.29, 0.717) is 18.0 Å². The Morgan fingerprint density at radius 2 is 2.14 bits per heavy atom. The standard InChI is InChI=1S/C11H18N2O/c1-11(2)5-10(11)13-7-9-4-3-8(6-12)14-9/h3-4,10,13H,5-7,12H2,1-2H3.